The first kappa shape index (κ1) is 25.8. The van der Waals surface area contributed by atoms with E-state index < -0.39 is 47.4 Å². The highest BCUT2D eigenvalue weighted by Gasteiger charge is 2.52. The van der Waals surface area contributed by atoms with Gasteiger partial charge in [-0.15, -0.1) is 0 Å². The number of Topliss-reactive ketones (excluding diaryl/α,β-unsaturated/α-hetero) is 1. The van der Waals surface area contributed by atoms with Crippen molar-refractivity contribution in [3.63, 3.8) is 0 Å². The van der Waals surface area contributed by atoms with Crippen LogP contribution in [0.3, 0.4) is 0 Å². The fourth-order valence-corrected chi connectivity index (χ4v) is 3.11. The highest BCUT2D eigenvalue weighted by Crippen LogP contribution is 2.31. The van der Waals surface area contributed by atoms with Crippen LogP contribution in [-0.2, 0) is 43.5 Å². The van der Waals surface area contributed by atoms with E-state index >= 15 is 0 Å². The van der Waals surface area contributed by atoms with E-state index in [-0.39, 0.29) is 11.0 Å². The zero-order valence-corrected chi connectivity index (χ0v) is 18.7. The summed E-state index contributed by atoms with van der Waals surface area (Å²) in [5, 5.41) is 0. The Labute approximate surface area is 181 Å². The largest absolute Gasteiger partial charge is 0.468 e. The van der Waals surface area contributed by atoms with Crippen LogP contribution in [0.1, 0.15) is 36.7 Å². The Morgan fingerprint density at radius 3 is 1.23 bits per heavy atom. The van der Waals surface area contributed by atoms with Gasteiger partial charge in [0.1, 0.15) is 0 Å². The molecule has 0 aromatic heterocycles. The van der Waals surface area contributed by atoms with Gasteiger partial charge in [-0.3, -0.25) is 24.0 Å². The number of ether oxygens (including phenoxy) is 4. The molecule has 9 heteroatoms. The molecule has 0 aliphatic rings. The highest BCUT2D eigenvalue weighted by atomic mass is 16.6. The van der Waals surface area contributed by atoms with E-state index in [0.717, 1.165) is 34.0 Å². The third-order valence-corrected chi connectivity index (χ3v) is 4.88. The minimum Gasteiger partial charge on any atom is -0.468 e. The number of carbonyl (C=O) groups excluding carboxylic acids is 5. The number of benzene rings is 1. The summed E-state index contributed by atoms with van der Waals surface area (Å²) in [6, 6.07) is 6.40. The molecule has 1 rings (SSSR count). The van der Waals surface area contributed by atoms with E-state index in [1.54, 1.807) is 12.1 Å². The molecule has 0 saturated heterocycles. The quantitative estimate of drug-likeness (QED) is 0.259. The molecule has 9 nitrogen and oxygen atoms in total. The number of hydrogen-bond donors (Lipinski definition) is 0. The molecule has 0 amide bonds. The van der Waals surface area contributed by atoms with Crippen LogP contribution in [0.2, 0.25) is 0 Å². The van der Waals surface area contributed by atoms with Crippen molar-refractivity contribution in [3.05, 3.63) is 35.4 Å². The predicted octanol–water partition coefficient (Wildman–Crippen LogP) is 1.71. The topological polar surface area (TPSA) is 122 Å². The molecular formula is C22H28O9. The fourth-order valence-electron chi connectivity index (χ4n) is 3.11. The molecule has 0 fully saturated rings. The molecule has 0 radical (unpaired) electrons. The van der Waals surface area contributed by atoms with Crippen molar-refractivity contribution in [2.45, 2.75) is 26.2 Å². The van der Waals surface area contributed by atoms with Crippen molar-refractivity contribution >= 4 is 29.7 Å². The van der Waals surface area contributed by atoms with Crippen LogP contribution in [0.5, 0.6) is 0 Å². The van der Waals surface area contributed by atoms with Gasteiger partial charge in [0, 0.05) is 5.56 Å². The molecule has 1 aromatic rings. The second kappa shape index (κ2) is 10.7. The summed E-state index contributed by atoms with van der Waals surface area (Å²) in [6.07, 6.45) is 0. The normalized spacial score (nSPS) is 11.3. The first-order valence-corrected chi connectivity index (χ1v) is 9.40. The standard InChI is InChI=1S/C22H28O9/c1-22(2,3)13-10-8-12(9-11-13)17(23)14(15(18(24)28-4)19(25)29-5)16(20(26)30-6)21(27)31-7/h8-11,14-16H,1-7H3. The lowest BCUT2D eigenvalue weighted by Crippen LogP contribution is -2.47. The van der Waals surface area contributed by atoms with Gasteiger partial charge in [0.05, 0.1) is 34.4 Å². The molecule has 0 heterocycles. The maximum atomic E-state index is 13.4. The van der Waals surface area contributed by atoms with Gasteiger partial charge in [0.2, 0.25) is 0 Å². The molecule has 1 aromatic carbocycles. The molecule has 31 heavy (non-hydrogen) atoms. The van der Waals surface area contributed by atoms with Gasteiger partial charge < -0.3 is 18.9 Å². The predicted molar refractivity (Wildman–Crippen MR) is 108 cm³/mol. The zero-order chi connectivity index (χ0) is 23.9. The highest BCUT2D eigenvalue weighted by molar-refractivity contribution is 6.11. The van der Waals surface area contributed by atoms with Gasteiger partial charge >= 0.3 is 23.9 Å². The van der Waals surface area contributed by atoms with Gasteiger partial charge in [0.25, 0.3) is 0 Å². The monoisotopic (exact) mass is 436 g/mol. The Kier molecular flexibility index (Phi) is 8.90. The van der Waals surface area contributed by atoms with E-state index in [4.69, 9.17) is 0 Å². The van der Waals surface area contributed by atoms with Gasteiger partial charge in [-0.2, -0.15) is 0 Å². The first-order valence-electron chi connectivity index (χ1n) is 9.40. The maximum Gasteiger partial charge on any atom is 0.320 e. The second-order valence-electron chi connectivity index (χ2n) is 7.77. The van der Waals surface area contributed by atoms with Crippen LogP contribution in [0, 0.1) is 17.8 Å². The van der Waals surface area contributed by atoms with Crippen molar-refractivity contribution in [3.8, 4) is 0 Å². The fraction of sp³-hybridized carbons (Fsp3) is 0.500. The van der Waals surface area contributed by atoms with Crippen molar-refractivity contribution in [2.24, 2.45) is 17.8 Å². The summed E-state index contributed by atoms with van der Waals surface area (Å²) in [5.74, 6) is -11.0. The van der Waals surface area contributed by atoms with Crippen LogP contribution in [0.15, 0.2) is 24.3 Å². The third-order valence-electron chi connectivity index (χ3n) is 4.88. The molecule has 170 valence electrons. The smallest absolute Gasteiger partial charge is 0.320 e. The lowest BCUT2D eigenvalue weighted by atomic mass is 9.75. The van der Waals surface area contributed by atoms with E-state index in [1.807, 2.05) is 20.8 Å². The summed E-state index contributed by atoms with van der Waals surface area (Å²) < 4.78 is 18.6. The molecule has 0 saturated carbocycles. The second-order valence-corrected chi connectivity index (χ2v) is 7.77. The van der Waals surface area contributed by atoms with Gasteiger partial charge in [-0.25, -0.2) is 0 Å². The Bertz CT molecular complexity index is 766. The van der Waals surface area contributed by atoms with Crippen molar-refractivity contribution < 1.29 is 42.9 Å². The number of carbonyl (C=O) groups is 5. The van der Waals surface area contributed by atoms with Crippen LogP contribution in [0.25, 0.3) is 0 Å². The Morgan fingerprint density at radius 2 is 0.968 bits per heavy atom. The van der Waals surface area contributed by atoms with E-state index in [2.05, 4.69) is 18.9 Å². The lowest BCUT2D eigenvalue weighted by Gasteiger charge is -2.27. The summed E-state index contributed by atoms with van der Waals surface area (Å²) in [7, 11) is 4.01. The summed E-state index contributed by atoms with van der Waals surface area (Å²) >= 11 is 0. The average molecular weight is 436 g/mol. The SMILES string of the molecule is COC(=O)C(C(=O)OC)C(C(=O)c1ccc(C(C)(C)C)cc1)C(C(=O)OC)C(=O)OC. The van der Waals surface area contributed by atoms with E-state index in [9.17, 15) is 24.0 Å². The van der Waals surface area contributed by atoms with Crippen LogP contribution >= 0.6 is 0 Å². The Morgan fingerprint density at radius 1 is 0.645 bits per heavy atom. The molecule has 0 atom stereocenters. The van der Waals surface area contributed by atoms with Crippen LogP contribution < -0.4 is 0 Å². The van der Waals surface area contributed by atoms with Gasteiger partial charge in [0.15, 0.2) is 17.6 Å². The molecule has 0 unspecified atom stereocenters. The summed E-state index contributed by atoms with van der Waals surface area (Å²) in [6.45, 7) is 5.96. The minimum absolute atomic E-state index is 0.0774. The maximum absolute atomic E-state index is 13.4. The molecule has 0 aliphatic heterocycles. The van der Waals surface area contributed by atoms with Gasteiger partial charge in [-0.1, -0.05) is 45.0 Å². The Balaban J connectivity index is 3.68. The molecule has 0 spiro atoms. The Hall–Kier alpha value is -3.23. The van der Waals surface area contributed by atoms with Crippen LogP contribution in [-0.4, -0.2) is 58.1 Å². The molecule has 0 aliphatic carbocycles. The number of esters is 4. The first-order chi connectivity index (χ1) is 14.4. The van der Waals surface area contributed by atoms with Gasteiger partial charge in [-0.05, 0) is 11.0 Å². The molecule has 0 N–H and O–H groups in total. The van der Waals surface area contributed by atoms with Crippen molar-refractivity contribution in [2.75, 3.05) is 28.4 Å². The number of rotatable bonds is 8. The third kappa shape index (κ3) is 5.90. The lowest BCUT2D eigenvalue weighted by molar-refractivity contribution is -0.167. The summed E-state index contributed by atoms with van der Waals surface area (Å²) in [5.41, 5.74) is 0.812. The summed E-state index contributed by atoms with van der Waals surface area (Å²) in [4.78, 5) is 63.1. The number of ketones is 1. The molecular weight excluding hydrogens is 408 g/mol. The van der Waals surface area contributed by atoms with Crippen LogP contribution in [0.4, 0.5) is 0 Å². The van der Waals surface area contributed by atoms with E-state index in [0.29, 0.717) is 0 Å². The zero-order valence-electron chi connectivity index (χ0n) is 18.7. The number of hydrogen-bond acceptors (Lipinski definition) is 9. The average Bonchev–Trinajstić information content (AvgIpc) is 2.76. The number of methoxy groups -OCH3 is 4. The van der Waals surface area contributed by atoms with Crippen molar-refractivity contribution in [1.82, 2.24) is 0 Å². The van der Waals surface area contributed by atoms with Crippen molar-refractivity contribution in [1.29, 1.82) is 0 Å². The minimum atomic E-state index is -1.90. The van der Waals surface area contributed by atoms with E-state index in [1.165, 1.54) is 12.1 Å². The molecule has 0 bridgehead atoms.